The number of aliphatic hydroxyl groups is 2. The molecule has 3 heterocycles. The Labute approximate surface area is 218 Å². The zero-order valence-electron chi connectivity index (χ0n) is 21.2. The number of aromatic nitrogens is 3. The lowest BCUT2D eigenvalue weighted by molar-refractivity contribution is -0.137. The minimum Gasteiger partial charge on any atom is -0.494 e. The number of nitrogens with zero attached hydrogens (tertiary/aromatic N) is 3. The highest BCUT2D eigenvalue weighted by molar-refractivity contribution is 6.09. The van der Waals surface area contributed by atoms with Gasteiger partial charge in [0.15, 0.2) is 11.6 Å². The fraction of sp³-hybridized carbons (Fsp3) is 0.462. The molecule has 12 heteroatoms. The number of methoxy groups -OCH3 is 1. The lowest BCUT2D eigenvalue weighted by Gasteiger charge is -2.36. The fourth-order valence-electron chi connectivity index (χ4n) is 4.76. The second-order valence-corrected chi connectivity index (χ2v) is 9.74. The van der Waals surface area contributed by atoms with Crippen molar-refractivity contribution in [2.75, 3.05) is 33.4 Å². The van der Waals surface area contributed by atoms with Crippen molar-refractivity contribution in [2.24, 2.45) is 5.92 Å². The van der Waals surface area contributed by atoms with E-state index < -0.39 is 36.4 Å². The van der Waals surface area contributed by atoms with E-state index in [0.29, 0.717) is 64.8 Å². The summed E-state index contributed by atoms with van der Waals surface area (Å²) in [7, 11) is 1.38. The highest BCUT2D eigenvalue weighted by Gasteiger charge is 2.32. The van der Waals surface area contributed by atoms with E-state index in [9.17, 15) is 19.1 Å². The second-order valence-electron chi connectivity index (χ2n) is 9.74. The molecule has 202 valence electrons. The molecule has 3 aromatic rings. The number of halogens is 1. The number of aliphatic hydroxyl groups excluding tert-OH is 2. The van der Waals surface area contributed by atoms with Gasteiger partial charge in [-0.2, -0.15) is 0 Å². The van der Waals surface area contributed by atoms with E-state index in [1.165, 1.54) is 30.5 Å². The predicted octanol–water partition coefficient (Wildman–Crippen LogP) is 1.55. The van der Waals surface area contributed by atoms with Crippen LogP contribution in [-0.4, -0.2) is 87.4 Å². The number of amides is 2. The summed E-state index contributed by atoms with van der Waals surface area (Å²) in [5.41, 5.74) is 2.60. The molecule has 2 amide bonds. The Morgan fingerprint density at radius 3 is 2.71 bits per heavy atom. The number of aromatic amines is 1. The normalized spacial score (nSPS) is 19.4. The van der Waals surface area contributed by atoms with E-state index in [-0.39, 0.29) is 12.3 Å². The van der Waals surface area contributed by atoms with Crippen molar-refractivity contribution in [3.63, 3.8) is 0 Å². The molecule has 2 aliphatic rings. The summed E-state index contributed by atoms with van der Waals surface area (Å²) in [5, 5.41) is 22.4. The zero-order chi connectivity index (χ0) is 27.0. The van der Waals surface area contributed by atoms with Gasteiger partial charge in [0.05, 0.1) is 36.9 Å². The average Bonchev–Trinajstić information content (AvgIpc) is 3.67. The van der Waals surface area contributed by atoms with Gasteiger partial charge in [-0.25, -0.2) is 14.4 Å². The van der Waals surface area contributed by atoms with Crippen molar-refractivity contribution in [1.82, 2.24) is 25.2 Å². The van der Waals surface area contributed by atoms with E-state index in [1.807, 2.05) is 0 Å². The molecule has 0 bridgehead atoms. The maximum atomic E-state index is 14.6. The van der Waals surface area contributed by atoms with Crippen LogP contribution in [0, 0.1) is 18.7 Å². The van der Waals surface area contributed by atoms with Crippen LogP contribution in [0.2, 0.25) is 0 Å². The van der Waals surface area contributed by atoms with Crippen LogP contribution in [0.15, 0.2) is 18.5 Å². The van der Waals surface area contributed by atoms with Crippen LogP contribution in [0.3, 0.4) is 0 Å². The van der Waals surface area contributed by atoms with E-state index in [2.05, 4.69) is 20.3 Å². The van der Waals surface area contributed by atoms with Gasteiger partial charge >= 0.3 is 0 Å². The summed E-state index contributed by atoms with van der Waals surface area (Å²) in [6, 6.07) is 2.22. The lowest BCUT2D eigenvalue weighted by atomic mass is 10.0. The van der Waals surface area contributed by atoms with Crippen molar-refractivity contribution >= 4 is 22.8 Å². The van der Waals surface area contributed by atoms with Crippen molar-refractivity contribution in [3.8, 4) is 22.8 Å². The number of fused-ring (bicyclic) bond motifs is 1. The molecule has 1 saturated carbocycles. The molecule has 1 aliphatic heterocycles. The summed E-state index contributed by atoms with van der Waals surface area (Å²) in [4.78, 5) is 38.4. The molecule has 11 nitrogen and oxygen atoms in total. The number of H-pyrrole nitrogens is 1. The van der Waals surface area contributed by atoms with Crippen LogP contribution in [0.25, 0.3) is 22.3 Å². The summed E-state index contributed by atoms with van der Waals surface area (Å²) in [6.07, 6.45) is 2.82. The highest BCUT2D eigenvalue weighted by atomic mass is 19.1. The van der Waals surface area contributed by atoms with Gasteiger partial charge in [0, 0.05) is 30.4 Å². The molecule has 4 N–H and O–H groups in total. The minimum atomic E-state index is -0.989. The third kappa shape index (κ3) is 5.01. The Kier molecular flexibility index (Phi) is 7.17. The average molecular weight is 528 g/mol. The third-order valence-electron chi connectivity index (χ3n) is 7.07. The number of benzene rings is 1. The first-order chi connectivity index (χ1) is 18.3. The van der Waals surface area contributed by atoms with Gasteiger partial charge in [0.1, 0.15) is 29.9 Å². The molecular formula is C26H30FN5O6. The van der Waals surface area contributed by atoms with Crippen LogP contribution in [0.1, 0.15) is 35.3 Å². The molecule has 0 radical (unpaired) electrons. The van der Waals surface area contributed by atoms with Gasteiger partial charge in [-0.05, 0) is 38.2 Å². The zero-order valence-corrected chi connectivity index (χ0v) is 21.2. The second kappa shape index (κ2) is 10.5. The Balaban J connectivity index is 1.46. The van der Waals surface area contributed by atoms with Crippen molar-refractivity contribution in [1.29, 1.82) is 0 Å². The van der Waals surface area contributed by atoms with Gasteiger partial charge in [-0.15, -0.1) is 0 Å². The van der Waals surface area contributed by atoms with E-state index in [1.54, 1.807) is 6.92 Å². The first-order valence-electron chi connectivity index (χ1n) is 12.5. The number of hydrogen-bond donors (Lipinski definition) is 4. The van der Waals surface area contributed by atoms with Gasteiger partial charge in [0.2, 0.25) is 5.91 Å². The van der Waals surface area contributed by atoms with Gasteiger partial charge in [-0.3, -0.25) is 9.59 Å². The molecular weight excluding hydrogens is 497 g/mol. The topological polar surface area (TPSA) is 150 Å². The van der Waals surface area contributed by atoms with E-state index >= 15 is 0 Å². The Hall–Kier alpha value is -3.77. The Morgan fingerprint density at radius 1 is 1.24 bits per heavy atom. The molecule has 1 aliphatic carbocycles. The van der Waals surface area contributed by atoms with Crippen molar-refractivity contribution < 1.29 is 33.7 Å². The largest absolute Gasteiger partial charge is 0.494 e. The van der Waals surface area contributed by atoms with Crippen LogP contribution < -0.4 is 14.8 Å². The number of aryl methyl sites for hydroxylation is 1. The number of β-amino-alcohol motifs (C(OH)–C–C–N with tert-alkyl or cyclic N) is 1. The molecule has 2 fully saturated rings. The summed E-state index contributed by atoms with van der Waals surface area (Å²) in [5.74, 6) is -0.659. The van der Waals surface area contributed by atoms with Gasteiger partial charge in [-0.1, -0.05) is 0 Å². The number of hydrogen-bond acceptors (Lipinski definition) is 8. The number of likely N-dealkylation sites (tertiary alicyclic amines) is 1. The van der Waals surface area contributed by atoms with Gasteiger partial charge < -0.3 is 34.9 Å². The SMILES string of the molecule is COc1cc(-c2ncnc3c(C(=O)N[C@@H]4CCN(C(=O)CO)C[C@@H]4O)c(C)[nH]c23)c(OCC2CC2)cc1F. The summed E-state index contributed by atoms with van der Waals surface area (Å²) in [6.45, 7) is 1.88. The maximum Gasteiger partial charge on any atom is 0.255 e. The van der Waals surface area contributed by atoms with Gasteiger partial charge in [0.25, 0.3) is 5.91 Å². The molecule has 0 unspecified atom stereocenters. The third-order valence-corrected chi connectivity index (χ3v) is 7.07. The predicted molar refractivity (Wildman–Crippen MR) is 134 cm³/mol. The smallest absolute Gasteiger partial charge is 0.255 e. The molecule has 1 aromatic carbocycles. The standard InChI is InChI=1S/C26H30FN5O6/c1-13-22(26(36)31-17-5-6-32(9-18(17)34)21(35)10-33)24-25(30-13)23(28-12-29-24)15-7-20(37-2)16(27)8-19(15)38-11-14-3-4-14/h7-8,12,14,17-18,30,33-34H,3-6,9-11H2,1-2H3,(H,31,36)/t17-,18+/m1/s1. The summed E-state index contributed by atoms with van der Waals surface area (Å²) < 4.78 is 25.7. The molecule has 2 aromatic heterocycles. The van der Waals surface area contributed by atoms with Crippen LogP contribution in [-0.2, 0) is 4.79 Å². The minimum absolute atomic E-state index is 0.0135. The lowest BCUT2D eigenvalue weighted by Crippen LogP contribution is -2.55. The maximum absolute atomic E-state index is 14.6. The number of rotatable bonds is 8. The quantitative estimate of drug-likeness (QED) is 0.345. The van der Waals surface area contributed by atoms with Crippen LogP contribution >= 0.6 is 0 Å². The number of nitrogens with one attached hydrogen (secondary N) is 2. The van der Waals surface area contributed by atoms with Crippen molar-refractivity contribution in [3.05, 3.63) is 35.5 Å². The Morgan fingerprint density at radius 2 is 2.03 bits per heavy atom. The molecule has 5 rings (SSSR count). The molecule has 38 heavy (non-hydrogen) atoms. The number of piperidine rings is 1. The highest BCUT2D eigenvalue weighted by Crippen LogP contribution is 2.39. The van der Waals surface area contributed by atoms with Crippen molar-refractivity contribution in [2.45, 2.75) is 38.3 Å². The first-order valence-corrected chi connectivity index (χ1v) is 12.5. The van der Waals surface area contributed by atoms with Crippen LogP contribution in [0.4, 0.5) is 4.39 Å². The number of carbonyl (C=O) groups is 2. The summed E-state index contributed by atoms with van der Waals surface area (Å²) >= 11 is 0. The number of carbonyl (C=O) groups excluding carboxylic acids is 2. The monoisotopic (exact) mass is 527 g/mol. The van der Waals surface area contributed by atoms with Crippen LogP contribution in [0.5, 0.6) is 11.5 Å². The van der Waals surface area contributed by atoms with E-state index in [4.69, 9.17) is 14.6 Å². The molecule has 0 spiro atoms. The molecule has 2 atom stereocenters. The Bertz CT molecular complexity index is 1370. The number of ether oxygens (including phenoxy) is 2. The fourth-order valence-corrected chi connectivity index (χ4v) is 4.76. The first kappa shape index (κ1) is 25.9. The molecule has 1 saturated heterocycles. The van der Waals surface area contributed by atoms with E-state index in [0.717, 1.165) is 12.8 Å².